The first kappa shape index (κ1) is 39.7. The first-order chi connectivity index (χ1) is 32.7. The van der Waals surface area contributed by atoms with Crippen LogP contribution in [0, 0.1) is 0 Å². The highest BCUT2D eigenvalue weighted by molar-refractivity contribution is 5.90. The molecular formula is C58H38N8. The first-order valence-corrected chi connectivity index (χ1v) is 21.6. The molecular weight excluding hydrogens is 809 g/mol. The fourth-order valence-electron chi connectivity index (χ4n) is 8.11. The predicted molar refractivity (Wildman–Crippen MR) is 263 cm³/mol. The zero-order chi connectivity index (χ0) is 44.1. The van der Waals surface area contributed by atoms with Crippen LogP contribution in [0.3, 0.4) is 0 Å². The average molecular weight is 847 g/mol. The molecule has 11 aromatic rings. The van der Waals surface area contributed by atoms with Gasteiger partial charge in [0, 0.05) is 63.7 Å². The van der Waals surface area contributed by atoms with Gasteiger partial charge in [-0.1, -0.05) is 176 Å². The molecule has 0 atom stereocenters. The van der Waals surface area contributed by atoms with Gasteiger partial charge in [-0.3, -0.25) is 9.97 Å². The summed E-state index contributed by atoms with van der Waals surface area (Å²) in [6.45, 7) is 0. The number of hydrogen-bond acceptors (Lipinski definition) is 8. The van der Waals surface area contributed by atoms with Gasteiger partial charge in [-0.25, -0.2) is 29.9 Å². The minimum Gasteiger partial charge on any atom is -0.265 e. The molecule has 66 heavy (non-hydrogen) atoms. The van der Waals surface area contributed by atoms with Gasteiger partial charge in [0.25, 0.3) is 0 Å². The van der Waals surface area contributed by atoms with Crippen molar-refractivity contribution < 1.29 is 0 Å². The van der Waals surface area contributed by atoms with Crippen LogP contribution in [0.15, 0.2) is 231 Å². The number of benzene rings is 7. The molecule has 0 saturated heterocycles. The lowest BCUT2D eigenvalue weighted by Crippen LogP contribution is -2.01. The molecule has 310 valence electrons. The summed E-state index contributed by atoms with van der Waals surface area (Å²) in [5.74, 6) is 3.61. The summed E-state index contributed by atoms with van der Waals surface area (Å²) in [6.07, 6.45) is 7.31. The minimum absolute atomic E-state index is 0.586. The number of hydrogen-bond donors (Lipinski definition) is 0. The standard InChI is InChI=1S/C58H38N8/c1-4-14-41(15-5-1)53-61-56(64-57(63-53)47-21-12-20-45(36-47)39-31-34-59-35-32-39)44-27-25-40(26-28-44)50-30-29-46(37-52(50)48-22-13-33-60-38-48)49-23-10-11-24-51(49)58-65-54(42-16-6-2-7-17-42)62-55(66-58)43-18-8-3-9-19-43/h1-38H. The molecule has 0 fully saturated rings. The second-order valence-corrected chi connectivity index (χ2v) is 15.7. The highest BCUT2D eigenvalue weighted by atomic mass is 15.0. The lowest BCUT2D eigenvalue weighted by atomic mass is 9.90. The summed E-state index contributed by atoms with van der Waals surface area (Å²) < 4.78 is 0. The molecule has 0 aliphatic heterocycles. The fourth-order valence-corrected chi connectivity index (χ4v) is 8.11. The summed E-state index contributed by atoms with van der Waals surface area (Å²) in [5.41, 5.74) is 13.7. The van der Waals surface area contributed by atoms with E-state index >= 15 is 0 Å². The molecule has 8 nitrogen and oxygen atoms in total. The Kier molecular flexibility index (Phi) is 10.8. The molecule has 4 aromatic heterocycles. The molecule has 11 rings (SSSR count). The van der Waals surface area contributed by atoms with Crippen LogP contribution in [0.5, 0.6) is 0 Å². The highest BCUT2D eigenvalue weighted by Crippen LogP contribution is 2.39. The molecule has 7 aromatic carbocycles. The minimum atomic E-state index is 0.586. The van der Waals surface area contributed by atoms with Crippen molar-refractivity contribution in [1.29, 1.82) is 0 Å². The Bertz CT molecular complexity index is 3380. The van der Waals surface area contributed by atoms with Crippen molar-refractivity contribution in [3.63, 3.8) is 0 Å². The van der Waals surface area contributed by atoms with Crippen LogP contribution in [0.4, 0.5) is 0 Å². The zero-order valence-electron chi connectivity index (χ0n) is 35.5. The van der Waals surface area contributed by atoms with Crippen LogP contribution in [0.2, 0.25) is 0 Å². The third-order valence-electron chi connectivity index (χ3n) is 11.4. The van der Waals surface area contributed by atoms with Gasteiger partial charge in [0.2, 0.25) is 0 Å². The molecule has 0 unspecified atom stereocenters. The van der Waals surface area contributed by atoms with Gasteiger partial charge in [-0.2, -0.15) is 0 Å². The topological polar surface area (TPSA) is 103 Å². The summed E-state index contributed by atoms with van der Waals surface area (Å²) in [7, 11) is 0. The Hall–Kier alpha value is -9.14. The molecule has 0 radical (unpaired) electrons. The quantitative estimate of drug-likeness (QED) is 0.134. The third kappa shape index (κ3) is 8.25. The lowest BCUT2D eigenvalue weighted by Gasteiger charge is -2.16. The van der Waals surface area contributed by atoms with E-state index in [4.69, 9.17) is 29.9 Å². The number of rotatable bonds is 10. The summed E-state index contributed by atoms with van der Waals surface area (Å²) in [6, 6.07) is 69.8. The summed E-state index contributed by atoms with van der Waals surface area (Å²) >= 11 is 0. The van der Waals surface area contributed by atoms with Crippen LogP contribution in [0.25, 0.3) is 113 Å². The maximum absolute atomic E-state index is 5.08. The van der Waals surface area contributed by atoms with E-state index in [-0.39, 0.29) is 0 Å². The number of pyridine rings is 2. The third-order valence-corrected chi connectivity index (χ3v) is 11.4. The molecule has 0 spiro atoms. The normalized spacial score (nSPS) is 11.0. The molecule has 0 N–H and O–H groups in total. The van der Waals surface area contributed by atoms with E-state index in [2.05, 4.69) is 88.8 Å². The van der Waals surface area contributed by atoms with E-state index in [0.29, 0.717) is 34.9 Å². The second-order valence-electron chi connectivity index (χ2n) is 15.7. The molecule has 0 amide bonds. The van der Waals surface area contributed by atoms with E-state index in [1.165, 1.54) is 0 Å². The fraction of sp³-hybridized carbons (Fsp3) is 0. The SMILES string of the molecule is c1ccc(-c2nc(-c3ccc(-c4ccc(-c5ccccc5-c5nc(-c6ccccc6)nc(-c6ccccc6)n5)cc4-c4cccnc4)cc3)nc(-c3cccc(-c4ccncc4)c3)n2)cc1. The van der Waals surface area contributed by atoms with Gasteiger partial charge in [0.15, 0.2) is 34.9 Å². The van der Waals surface area contributed by atoms with E-state index < -0.39 is 0 Å². The van der Waals surface area contributed by atoms with Crippen molar-refractivity contribution in [3.05, 3.63) is 231 Å². The highest BCUT2D eigenvalue weighted by Gasteiger charge is 2.19. The Morgan fingerprint density at radius 2 is 0.636 bits per heavy atom. The van der Waals surface area contributed by atoms with Gasteiger partial charge in [0.05, 0.1) is 0 Å². The van der Waals surface area contributed by atoms with Crippen LogP contribution < -0.4 is 0 Å². The Labute approximate surface area is 382 Å². The van der Waals surface area contributed by atoms with Gasteiger partial charge in [-0.05, 0) is 69.3 Å². The van der Waals surface area contributed by atoms with E-state index in [1.54, 1.807) is 18.6 Å². The summed E-state index contributed by atoms with van der Waals surface area (Å²) in [4.78, 5) is 38.9. The maximum Gasteiger partial charge on any atom is 0.164 e. The predicted octanol–water partition coefficient (Wildman–Crippen LogP) is 13.5. The van der Waals surface area contributed by atoms with Gasteiger partial charge in [0.1, 0.15) is 0 Å². The van der Waals surface area contributed by atoms with Gasteiger partial charge >= 0.3 is 0 Å². The number of nitrogens with zero attached hydrogens (tertiary/aromatic N) is 8. The molecule has 4 heterocycles. The molecule has 0 aliphatic rings. The second kappa shape index (κ2) is 17.9. The largest absolute Gasteiger partial charge is 0.265 e. The molecule has 0 bridgehead atoms. The first-order valence-electron chi connectivity index (χ1n) is 21.6. The molecule has 0 saturated carbocycles. The molecule has 8 heteroatoms. The maximum atomic E-state index is 5.08. The Morgan fingerprint density at radius 1 is 0.197 bits per heavy atom. The lowest BCUT2D eigenvalue weighted by molar-refractivity contribution is 1.07. The van der Waals surface area contributed by atoms with Crippen molar-refractivity contribution in [3.8, 4) is 113 Å². The van der Waals surface area contributed by atoms with Crippen LogP contribution >= 0.6 is 0 Å². The number of aromatic nitrogens is 8. The van der Waals surface area contributed by atoms with Crippen molar-refractivity contribution in [2.75, 3.05) is 0 Å². The average Bonchev–Trinajstić information content (AvgIpc) is 3.42. The van der Waals surface area contributed by atoms with E-state index in [0.717, 1.165) is 77.9 Å². The van der Waals surface area contributed by atoms with E-state index in [1.807, 2.05) is 134 Å². The Morgan fingerprint density at radius 3 is 1.21 bits per heavy atom. The smallest absolute Gasteiger partial charge is 0.164 e. The summed E-state index contributed by atoms with van der Waals surface area (Å²) in [5, 5.41) is 0. The van der Waals surface area contributed by atoms with Crippen LogP contribution in [0.1, 0.15) is 0 Å². The monoisotopic (exact) mass is 846 g/mol. The zero-order valence-corrected chi connectivity index (χ0v) is 35.5. The van der Waals surface area contributed by atoms with Crippen molar-refractivity contribution >= 4 is 0 Å². The van der Waals surface area contributed by atoms with Crippen molar-refractivity contribution in [2.24, 2.45) is 0 Å². The van der Waals surface area contributed by atoms with Crippen molar-refractivity contribution in [1.82, 2.24) is 39.9 Å². The van der Waals surface area contributed by atoms with Gasteiger partial charge < -0.3 is 0 Å². The Balaban J connectivity index is 0.989. The van der Waals surface area contributed by atoms with Crippen LogP contribution in [-0.4, -0.2) is 39.9 Å². The van der Waals surface area contributed by atoms with E-state index in [9.17, 15) is 0 Å². The molecule has 0 aliphatic carbocycles. The van der Waals surface area contributed by atoms with Crippen LogP contribution in [-0.2, 0) is 0 Å². The van der Waals surface area contributed by atoms with Gasteiger partial charge in [-0.15, -0.1) is 0 Å². The van der Waals surface area contributed by atoms with Crippen molar-refractivity contribution in [2.45, 2.75) is 0 Å².